The Labute approximate surface area is 129 Å². The summed E-state index contributed by atoms with van der Waals surface area (Å²) in [5.41, 5.74) is 1.33. The van der Waals surface area contributed by atoms with Gasteiger partial charge in [0.2, 0.25) is 0 Å². The molecule has 0 bridgehead atoms. The van der Waals surface area contributed by atoms with Crippen molar-refractivity contribution >= 4 is 22.8 Å². The van der Waals surface area contributed by atoms with Gasteiger partial charge in [-0.25, -0.2) is 4.79 Å². The maximum Gasteiger partial charge on any atom is 0.341 e. The summed E-state index contributed by atoms with van der Waals surface area (Å²) in [6.07, 6.45) is 5.14. The second-order valence-corrected chi connectivity index (χ2v) is 5.79. The first-order valence-corrected chi connectivity index (χ1v) is 7.72. The number of aromatic amines is 1. The number of hydrogen-bond acceptors (Lipinski definition) is 3. The predicted octanol–water partition coefficient (Wildman–Crippen LogP) is 2.77. The highest BCUT2D eigenvalue weighted by Crippen LogP contribution is 2.20. The molecule has 1 aromatic carbocycles. The van der Waals surface area contributed by atoms with E-state index in [2.05, 4.69) is 10.3 Å². The molecule has 5 nitrogen and oxygen atoms in total. The van der Waals surface area contributed by atoms with Gasteiger partial charge in [0.15, 0.2) is 6.10 Å². The fourth-order valence-electron chi connectivity index (χ4n) is 2.91. The first-order valence-electron chi connectivity index (χ1n) is 7.72. The minimum atomic E-state index is -0.790. The van der Waals surface area contributed by atoms with Crippen molar-refractivity contribution in [1.82, 2.24) is 10.3 Å². The number of aromatic nitrogens is 1. The number of fused-ring (bicyclic) bond motifs is 1. The average Bonchev–Trinajstić information content (AvgIpc) is 3.15. The van der Waals surface area contributed by atoms with E-state index in [1.165, 1.54) is 0 Å². The summed E-state index contributed by atoms with van der Waals surface area (Å²) >= 11 is 0. The number of rotatable bonds is 4. The van der Waals surface area contributed by atoms with Crippen molar-refractivity contribution in [2.75, 3.05) is 0 Å². The molecule has 3 rings (SSSR count). The van der Waals surface area contributed by atoms with Gasteiger partial charge in [0.25, 0.3) is 5.91 Å². The van der Waals surface area contributed by atoms with Crippen LogP contribution >= 0.6 is 0 Å². The van der Waals surface area contributed by atoms with Crippen molar-refractivity contribution in [3.05, 3.63) is 36.0 Å². The van der Waals surface area contributed by atoms with Crippen molar-refractivity contribution < 1.29 is 14.3 Å². The molecular formula is C17H20N2O3. The third-order valence-corrected chi connectivity index (χ3v) is 4.16. The van der Waals surface area contributed by atoms with Gasteiger partial charge in [0, 0.05) is 23.1 Å². The number of benzene rings is 1. The number of carbonyl (C=O) groups is 2. The Kier molecular flexibility index (Phi) is 4.13. The molecule has 1 aliphatic rings. The van der Waals surface area contributed by atoms with Crippen LogP contribution in [0.3, 0.4) is 0 Å². The molecule has 0 spiro atoms. The van der Waals surface area contributed by atoms with E-state index in [1.54, 1.807) is 13.1 Å². The van der Waals surface area contributed by atoms with E-state index in [4.69, 9.17) is 4.74 Å². The molecule has 5 heteroatoms. The second kappa shape index (κ2) is 6.22. The van der Waals surface area contributed by atoms with Gasteiger partial charge in [-0.3, -0.25) is 4.79 Å². The second-order valence-electron chi connectivity index (χ2n) is 5.79. The topological polar surface area (TPSA) is 71.2 Å². The molecule has 1 heterocycles. The van der Waals surface area contributed by atoms with Crippen molar-refractivity contribution in [3.8, 4) is 0 Å². The normalized spacial score (nSPS) is 16.6. The SMILES string of the molecule is C[C@@H](OC(=O)c1c[nH]c2ccccc12)C(=O)NC1CCCC1. The summed E-state index contributed by atoms with van der Waals surface area (Å²) in [6, 6.07) is 7.73. The zero-order valence-corrected chi connectivity index (χ0v) is 12.6. The van der Waals surface area contributed by atoms with Gasteiger partial charge in [-0.1, -0.05) is 31.0 Å². The Morgan fingerprint density at radius 3 is 2.77 bits per heavy atom. The van der Waals surface area contributed by atoms with Crippen LogP contribution in [-0.4, -0.2) is 29.0 Å². The molecular weight excluding hydrogens is 280 g/mol. The summed E-state index contributed by atoms with van der Waals surface area (Å²) in [5.74, 6) is -0.702. The Bertz CT molecular complexity index is 686. The van der Waals surface area contributed by atoms with Crippen LogP contribution in [0.25, 0.3) is 10.9 Å². The fourth-order valence-corrected chi connectivity index (χ4v) is 2.91. The van der Waals surface area contributed by atoms with E-state index in [0.717, 1.165) is 36.6 Å². The van der Waals surface area contributed by atoms with Crippen LogP contribution in [0.15, 0.2) is 30.5 Å². The third-order valence-electron chi connectivity index (χ3n) is 4.16. The van der Waals surface area contributed by atoms with Crippen LogP contribution in [0, 0.1) is 0 Å². The maximum absolute atomic E-state index is 12.2. The number of para-hydroxylation sites is 1. The predicted molar refractivity (Wildman–Crippen MR) is 83.6 cm³/mol. The number of H-pyrrole nitrogens is 1. The number of nitrogens with one attached hydrogen (secondary N) is 2. The highest BCUT2D eigenvalue weighted by Gasteiger charge is 2.24. The number of hydrogen-bond donors (Lipinski definition) is 2. The van der Waals surface area contributed by atoms with Gasteiger partial charge >= 0.3 is 5.97 Å². The smallest absolute Gasteiger partial charge is 0.341 e. The minimum Gasteiger partial charge on any atom is -0.449 e. The van der Waals surface area contributed by atoms with E-state index in [0.29, 0.717) is 5.56 Å². The van der Waals surface area contributed by atoms with Crippen molar-refractivity contribution in [1.29, 1.82) is 0 Å². The first-order chi connectivity index (χ1) is 10.6. The molecule has 2 aromatic rings. The first kappa shape index (κ1) is 14.6. The zero-order valence-electron chi connectivity index (χ0n) is 12.6. The molecule has 22 heavy (non-hydrogen) atoms. The van der Waals surface area contributed by atoms with Crippen LogP contribution in [0.2, 0.25) is 0 Å². The Balaban J connectivity index is 1.64. The minimum absolute atomic E-state index is 0.222. The van der Waals surface area contributed by atoms with E-state index < -0.39 is 12.1 Å². The number of ether oxygens (including phenoxy) is 1. The van der Waals surface area contributed by atoms with Crippen molar-refractivity contribution in [2.24, 2.45) is 0 Å². The standard InChI is InChI=1S/C17H20N2O3/c1-11(16(20)19-12-6-2-3-7-12)22-17(21)14-10-18-15-9-5-4-8-13(14)15/h4-5,8-12,18H,2-3,6-7H2,1H3,(H,19,20)/t11-/m1/s1. The third kappa shape index (κ3) is 2.98. The van der Waals surface area contributed by atoms with Crippen LogP contribution in [-0.2, 0) is 9.53 Å². The largest absolute Gasteiger partial charge is 0.449 e. The zero-order chi connectivity index (χ0) is 15.5. The lowest BCUT2D eigenvalue weighted by atomic mass is 10.2. The van der Waals surface area contributed by atoms with Crippen LogP contribution in [0.4, 0.5) is 0 Å². The van der Waals surface area contributed by atoms with Gasteiger partial charge in [-0.05, 0) is 25.8 Å². The van der Waals surface area contributed by atoms with E-state index in [1.807, 2.05) is 24.3 Å². The van der Waals surface area contributed by atoms with Gasteiger partial charge in [-0.2, -0.15) is 0 Å². The Morgan fingerprint density at radius 2 is 2.00 bits per heavy atom. The molecule has 0 radical (unpaired) electrons. The molecule has 1 aliphatic carbocycles. The molecule has 0 unspecified atom stereocenters. The molecule has 2 N–H and O–H groups in total. The summed E-state index contributed by atoms with van der Waals surface area (Å²) in [5, 5.41) is 3.74. The number of amides is 1. The fraction of sp³-hybridized carbons (Fsp3) is 0.412. The summed E-state index contributed by atoms with van der Waals surface area (Å²) < 4.78 is 5.30. The monoisotopic (exact) mass is 300 g/mol. The molecule has 1 saturated carbocycles. The molecule has 116 valence electrons. The van der Waals surface area contributed by atoms with Crippen LogP contribution < -0.4 is 5.32 Å². The number of carbonyl (C=O) groups excluding carboxylic acids is 2. The Morgan fingerprint density at radius 1 is 1.27 bits per heavy atom. The summed E-state index contributed by atoms with van der Waals surface area (Å²) in [7, 11) is 0. The summed E-state index contributed by atoms with van der Waals surface area (Å²) in [6.45, 7) is 1.61. The lowest BCUT2D eigenvalue weighted by Crippen LogP contribution is -2.40. The van der Waals surface area contributed by atoms with Gasteiger partial charge in [-0.15, -0.1) is 0 Å². The molecule has 1 amide bonds. The molecule has 1 aromatic heterocycles. The maximum atomic E-state index is 12.2. The van der Waals surface area contributed by atoms with Gasteiger partial charge in [0.05, 0.1) is 5.56 Å². The van der Waals surface area contributed by atoms with Gasteiger partial charge in [0.1, 0.15) is 0 Å². The lowest BCUT2D eigenvalue weighted by molar-refractivity contribution is -0.129. The van der Waals surface area contributed by atoms with Crippen LogP contribution in [0.1, 0.15) is 43.0 Å². The van der Waals surface area contributed by atoms with Crippen LogP contribution in [0.5, 0.6) is 0 Å². The van der Waals surface area contributed by atoms with Crippen molar-refractivity contribution in [3.63, 3.8) is 0 Å². The average molecular weight is 300 g/mol. The quantitative estimate of drug-likeness (QED) is 0.853. The molecule has 0 saturated heterocycles. The highest BCUT2D eigenvalue weighted by atomic mass is 16.5. The van der Waals surface area contributed by atoms with Gasteiger partial charge < -0.3 is 15.0 Å². The lowest BCUT2D eigenvalue weighted by Gasteiger charge is -2.17. The highest BCUT2D eigenvalue weighted by molar-refractivity contribution is 6.04. The van der Waals surface area contributed by atoms with E-state index >= 15 is 0 Å². The molecule has 0 aliphatic heterocycles. The van der Waals surface area contributed by atoms with E-state index in [-0.39, 0.29) is 11.9 Å². The molecule has 1 fully saturated rings. The van der Waals surface area contributed by atoms with Crippen molar-refractivity contribution in [2.45, 2.75) is 44.8 Å². The molecule has 1 atom stereocenters. The van der Waals surface area contributed by atoms with E-state index in [9.17, 15) is 9.59 Å². The Hall–Kier alpha value is -2.30. The summed E-state index contributed by atoms with van der Waals surface area (Å²) in [4.78, 5) is 27.4. The number of esters is 1.